The van der Waals surface area contributed by atoms with Gasteiger partial charge in [0.05, 0.1) is 26.4 Å². The summed E-state index contributed by atoms with van der Waals surface area (Å²) in [6.45, 7) is 2.67. The topological polar surface area (TPSA) is 231 Å². The lowest BCUT2D eigenvalue weighted by Gasteiger charge is -2.21. The van der Waals surface area contributed by atoms with Crippen molar-refractivity contribution in [3.05, 3.63) is 146 Å². The molecule has 0 fully saturated rings. The predicted octanol–water partition coefficient (Wildman–Crippen LogP) is 32.2. The van der Waals surface area contributed by atoms with Crippen LogP contribution < -0.4 is 0 Å². The van der Waals surface area contributed by atoms with E-state index in [0.29, 0.717) is 19.3 Å². The minimum absolute atomic E-state index is 0.0910. The number of allylic oxidation sites excluding steroid dienone is 24. The molecule has 722 valence electrons. The molecule has 0 saturated carbocycles. The number of aliphatic hydroxyl groups is 2. The minimum Gasteiger partial charge on any atom is -0.463 e. The highest BCUT2D eigenvalue weighted by Crippen LogP contribution is 2.45. The fourth-order valence-corrected chi connectivity index (χ4v) is 15.8. The molecule has 4 N–H and O–H groups in total. The summed E-state index contributed by atoms with van der Waals surface area (Å²) in [6, 6.07) is 0. The Bertz CT molecular complexity index is 2850. The van der Waals surface area contributed by atoms with Crippen molar-refractivity contribution in [2.75, 3.05) is 39.6 Å². The van der Waals surface area contributed by atoms with Crippen molar-refractivity contribution in [1.82, 2.24) is 0 Å². The molecule has 0 radical (unpaired) electrons. The van der Waals surface area contributed by atoms with E-state index in [1.807, 2.05) is 0 Å². The molecule has 5 atom stereocenters. The number of unbranched alkanes of at least 4 members (excludes halogenated alkanes) is 50. The molecule has 0 rings (SSSR count). The van der Waals surface area contributed by atoms with Crippen LogP contribution in [0.5, 0.6) is 0 Å². The lowest BCUT2D eigenvalue weighted by molar-refractivity contribution is -0.161. The maximum Gasteiger partial charge on any atom is 0.472 e. The zero-order valence-electron chi connectivity index (χ0n) is 80.0. The predicted molar refractivity (Wildman–Crippen MR) is 528 cm³/mol. The number of phosphoric acid groups is 2. The van der Waals surface area contributed by atoms with E-state index >= 15 is 0 Å². The van der Waals surface area contributed by atoms with Crippen molar-refractivity contribution in [2.24, 2.45) is 0 Å². The summed E-state index contributed by atoms with van der Waals surface area (Å²) in [4.78, 5) is 59.2. The van der Waals surface area contributed by atoms with Crippen LogP contribution in [0.25, 0.3) is 0 Å². The van der Waals surface area contributed by atoms with Gasteiger partial charge in [0.15, 0.2) is 6.10 Å². The monoisotopic (exact) mass is 1790 g/mol. The first kappa shape index (κ1) is 120. The molecule has 0 aromatic carbocycles. The highest BCUT2D eigenvalue weighted by molar-refractivity contribution is 7.47. The Morgan fingerprint density at radius 2 is 0.400 bits per heavy atom. The average Bonchev–Trinajstić information content (AvgIpc) is 0.902. The normalized spacial score (nSPS) is 14.3. The molecular weight excluding hydrogens is 1600 g/mol. The van der Waals surface area contributed by atoms with Crippen LogP contribution >= 0.6 is 15.6 Å². The van der Waals surface area contributed by atoms with Crippen LogP contribution in [-0.2, 0) is 55.8 Å². The highest BCUT2D eigenvalue weighted by Gasteiger charge is 2.30. The summed E-state index contributed by atoms with van der Waals surface area (Å²) in [7, 11) is -9.82. The van der Waals surface area contributed by atoms with E-state index in [-0.39, 0.29) is 19.3 Å². The van der Waals surface area contributed by atoms with E-state index in [2.05, 4.69) is 167 Å². The van der Waals surface area contributed by atoms with Gasteiger partial charge in [0.1, 0.15) is 25.4 Å². The summed E-state index contributed by atoms with van der Waals surface area (Å²) in [5.41, 5.74) is 0. The Hall–Kier alpha value is -4.57. The second-order valence-electron chi connectivity index (χ2n) is 34.3. The number of carbonyl (C=O) groups excluding carboxylic acids is 3. The van der Waals surface area contributed by atoms with E-state index < -0.39 is 91.5 Å². The van der Waals surface area contributed by atoms with Gasteiger partial charge in [0.25, 0.3) is 0 Å². The Balaban J connectivity index is 4.54. The molecule has 0 aliphatic rings. The molecule has 0 bridgehead atoms. The molecule has 0 aromatic heterocycles. The molecule has 5 unspecified atom stereocenters. The molecular formula is C107H188O16P2. The molecule has 0 aromatic rings. The fourth-order valence-electron chi connectivity index (χ4n) is 14.2. The van der Waals surface area contributed by atoms with Gasteiger partial charge in [-0.3, -0.25) is 32.5 Å². The largest absolute Gasteiger partial charge is 0.472 e. The number of esters is 3. The van der Waals surface area contributed by atoms with Crippen LogP contribution in [0.4, 0.5) is 0 Å². The van der Waals surface area contributed by atoms with Crippen LogP contribution in [0.15, 0.2) is 146 Å². The number of phosphoric ester groups is 2. The van der Waals surface area contributed by atoms with Crippen molar-refractivity contribution in [2.45, 2.75) is 476 Å². The van der Waals surface area contributed by atoms with Crippen LogP contribution in [0.1, 0.15) is 457 Å². The quantitative estimate of drug-likeness (QED) is 0.0146. The van der Waals surface area contributed by atoms with Gasteiger partial charge >= 0.3 is 33.6 Å². The third-order valence-corrected chi connectivity index (χ3v) is 23.9. The first-order valence-electron chi connectivity index (χ1n) is 51.1. The van der Waals surface area contributed by atoms with Crippen molar-refractivity contribution in [3.63, 3.8) is 0 Å². The standard InChI is InChI=1S/C107H188O16P2/c1-4-7-10-13-16-19-22-25-28-31-34-37-40-42-44-46-48-49-50-51-53-55-56-58-61-63-66-69-72-75-78-81-84-87-90-93-105(110)117-96-102(108)97-119-124(113,114)120-98-103(109)99-121-125(115,116)122-101-104(123-107(112)95-92-89-86-83-80-77-74-71-68-65-60-39-36-33-30-27-24-21-18-15-12-9-6-3)100-118-106(111)94-91-88-85-82-79-76-73-70-67-64-62-59-57-54-52-47-45-43-41-38-35-32-29-26-23-20-17-14-11-8-5-2/h16-21,25-30,34-39,42-45,65,68,102-104,108-109H,4-15,22-24,31-33,40-41,46-64,66-67,69-101H2,1-3H3,(H,113,114)(H,115,116)/b19-16-,20-17-,21-18-,28-25-,29-26-,30-27-,37-34-,38-35-,39-36-,44-42-,45-43-,68-65-. The van der Waals surface area contributed by atoms with Gasteiger partial charge in [-0.1, -0.05) is 430 Å². The van der Waals surface area contributed by atoms with Gasteiger partial charge in [-0.05, 0) is 154 Å². The SMILES string of the molecule is CCCCC/C=C\C/C=C\C/C=C\C/C=C\CCCCCCCCCCCCCCCCCCCCCC(=O)OCC(O)COP(=O)(O)OCC(O)COP(=O)(O)OCC(COC(=O)CCCCCCCCCCCCCCCCC/C=C\C/C=C\C/C=C\C/C=C\CCCCC)OC(=O)CCCCCCCCC/C=C\C/C=C\C/C=C\C/C=C\CCCCC. The maximum absolute atomic E-state index is 13.1. The number of hydrogen-bond acceptors (Lipinski definition) is 14. The minimum atomic E-state index is -4.95. The van der Waals surface area contributed by atoms with Gasteiger partial charge in [0.2, 0.25) is 0 Å². The molecule has 0 amide bonds. The smallest absolute Gasteiger partial charge is 0.463 e. The molecule has 0 aliphatic carbocycles. The molecule has 0 heterocycles. The lowest BCUT2D eigenvalue weighted by atomic mass is 10.0. The number of rotatable bonds is 97. The number of hydrogen-bond donors (Lipinski definition) is 4. The van der Waals surface area contributed by atoms with E-state index in [1.165, 1.54) is 257 Å². The van der Waals surface area contributed by atoms with Crippen LogP contribution in [0.2, 0.25) is 0 Å². The Morgan fingerprint density at radius 3 is 0.632 bits per heavy atom. The third kappa shape index (κ3) is 99.8. The zero-order chi connectivity index (χ0) is 90.7. The van der Waals surface area contributed by atoms with E-state index in [1.54, 1.807) is 0 Å². The first-order chi connectivity index (χ1) is 61.2. The van der Waals surface area contributed by atoms with Crippen LogP contribution in [0, 0.1) is 0 Å². The van der Waals surface area contributed by atoms with Gasteiger partial charge in [-0.25, -0.2) is 9.13 Å². The number of ether oxygens (including phenoxy) is 3. The van der Waals surface area contributed by atoms with Gasteiger partial charge < -0.3 is 34.2 Å². The van der Waals surface area contributed by atoms with Gasteiger partial charge in [0, 0.05) is 19.3 Å². The average molecular weight is 1790 g/mol. The molecule has 125 heavy (non-hydrogen) atoms. The van der Waals surface area contributed by atoms with Crippen LogP contribution in [-0.4, -0.2) is 95.9 Å². The number of carbonyl (C=O) groups is 3. The zero-order valence-corrected chi connectivity index (χ0v) is 81.8. The van der Waals surface area contributed by atoms with Crippen molar-refractivity contribution < 1.29 is 75.8 Å². The summed E-state index contributed by atoms with van der Waals surface area (Å²) < 4.78 is 61.7. The van der Waals surface area contributed by atoms with E-state index in [0.717, 1.165) is 141 Å². The summed E-state index contributed by atoms with van der Waals surface area (Å²) in [5, 5.41) is 20.8. The van der Waals surface area contributed by atoms with Crippen molar-refractivity contribution in [3.8, 4) is 0 Å². The van der Waals surface area contributed by atoms with Crippen molar-refractivity contribution >= 4 is 33.6 Å². The van der Waals surface area contributed by atoms with Gasteiger partial charge in [-0.15, -0.1) is 0 Å². The van der Waals surface area contributed by atoms with Crippen LogP contribution in [0.3, 0.4) is 0 Å². The fraction of sp³-hybridized carbons (Fsp3) is 0.748. The third-order valence-electron chi connectivity index (χ3n) is 22.0. The van der Waals surface area contributed by atoms with E-state index in [9.17, 15) is 43.5 Å². The summed E-state index contributed by atoms with van der Waals surface area (Å²) in [5.74, 6) is -1.57. The van der Waals surface area contributed by atoms with E-state index in [4.69, 9.17) is 32.3 Å². The molecule has 0 spiro atoms. The Morgan fingerprint density at radius 1 is 0.224 bits per heavy atom. The summed E-state index contributed by atoms with van der Waals surface area (Å²) >= 11 is 0. The lowest BCUT2D eigenvalue weighted by Crippen LogP contribution is -2.30. The molecule has 0 saturated heterocycles. The Labute approximate surface area is 766 Å². The second-order valence-corrected chi connectivity index (χ2v) is 37.2. The highest BCUT2D eigenvalue weighted by atomic mass is 31.2. The maximum atomic E-state index is 13.1. The first-order valence-corrected chi connectivity index (χ1v) is 54.1. The number of aliphatic hydroxyl groups excluding tert-OH is 2. The second kappa shape index (κ2) is 98.5. The summed E-state index contributed by atoms with van der Waals surface area (Å²) in [6.07, 6.45) is 126. The molecule has 0 aliphatic heterocycles. The molecule has 18 heteroatoms. The molecule has 16 nitrogen and oxygen atoms in total. The van der Waals surface area contributed by atoms with Gasteiger partial charge in [-0.2, -0.15) is 0 Å². The van der Waals surface area contributed by atoms with Crippen molar-refractivity contribution in [1.29, 1.82) is 0 Å². The Kier molecular flexibility index (Phi) is 94.9.